The molecule has 0 bridgehead atoms. The second-order valence-electron chi connectivity index (χ2n) is 5.51. The molecule has 0 saturated heterocycles. The molecule has 1 aromatic carbocycles. The Balaban J connectivity index is 1.65. The first-order valence-electron chi connectivity index (χ1n) is 8.29. The Morgan fingerprint density at radius 1 is 1.16 bits per heavy atom. The molecular weight excluding hydrogens is 336 g/mol. The Bertz CT molecular complexity index is 839. The Morgan fingerprint density at radius 2 is 1.92 bits per heavy atom. The third-order valence-electron chi connectivity index (χ3n) is 3.67. The molecule has 1 N–H and O–H groups in total. The first-order valence-corrected chi connectivity index (χ1v) is 9.10. The smallest absolute Gasteiger partial charge is 0.251 e. The summed E-state index contributed by atoms with van der Waals surface area (Å²) in [7, 11) is 0. The van der Waals surface area contributed by atoms with Crippen molar-refractivity contribution in [3.8, 4) is 11.4 Å². The first-order chi connectivity index (χ1) is 12.2. The van der Waals surface area contributed by atoms with Gasteiger partial charge in [-0.15, -0.1) is 10.2 Å². The van der Waals surface area contributed by atoms with Crippen LogP contribution in [0.1, 0.15) is 40.6 Å². The van der Waals surface area contributed by atoms with Gasteiger partial charge in [0.15, 0.2) is 5.82 Å². The molecule has 0 saturated carbocycles. The molecule has 0 aliphatic carbocycles. The number of amides is 1. The number of rotatable bonds is 7. The van der Waals surface area contributed by atoms with Crippen LogP contribution < -0.4 is 5.32 Å². The van der Waals surface area contributed by atoms with Crippen LogP contribution in [0, 0.1) is 0 Å². The molecule has 2 aromatic heterocycles. The van der Waals surface area contributed by atoms with Crippen molar-refractivity contribution < 1.29 is 4.79 Å². The lowest BCUT2D eigenvalue weighted by Crippen LogP contribution is -2.22. The predicted molar refractivity (Wildman–Crippen MR) is 96.2 cm³/mol. The van der Waals surface area contributed by atoms with E-state index in [4.69, 9.17) is 0 Å². The third kappa shape index (κ3) is 4.08. The molecule has 130 valence electrons. The van der Waals surface area contributed by atoms with E-state index in [1.54, 1.807) is 18.5 Å². The van der Waals surface area contributed by atoms with E-state index < -0.39 is 0 Å². The summed E-state index contributed by atoms with van der Waals surface area (Å²) < 4.78 is 1.87. The first kappa shape index (κ1) is 17.2. The van der Waals surface area contributed by atoms with Crippen LogP contribution in [0.2, 0.25) is 0 Å². The van der Waals surface area contributed by atoms with Gasteiger partial charge < -0.3 is 5.32 Å². The van der Waals surface area contributed by atoms with Crippen LogP contribution in [0.3, 0.4) is 0 Å². The van der Waals surface area contributed by atoms with Gasteiger partial charge in [-0.3, -0.25) is 4.79 Å². The zero-order valence-electron chi connectivity index (χ0n) is 14.3. The maximum atomic E-state index is 12.3. The zero-order valence-corrected chi connectivity index (χ0v) is 15.1. The van der Waals surface area contributed by atoms with Crippen molar-refractivity contribution in [2.75, 3.05) is 0 Å². The van der Waals surface area contributed by atoms with Gasteiger partial charge in [0.1, 0.15) is 16.3 Å². The molecule has 0 unspecified atom stereocenters. The Hall–Kier alpha value is -2.61. The van der Waals surface area contributed by atoms with Gasteiger partial charge in [0.2, 0.25) is 0 Å². The summed E-state index contributed by atoms with van der Waals surface area (Å²) in [5.41, 5.74) is 1.55. The normalized spacial score (nSPS) is 10.8. The van der Waals surface area contributed by atoms with E-state index in [1.165, 1.54) is 11.3 Å². The molecule has 7 nitrogen and oxygen atoms in total. The molecule has 0 aliphatic rings. The highest BCUT2D eigenvalue weighted by atomic mass is 32.1. The van der Waals surface area contributed by atoms with Gasteiger partial charge in [-0.1, -0.05) is 37.3 Å². The summed E-state index contributed by atoms with van der Waals surface area (Å²) in [6, 6.07) is 7.39. The lowest BCUT2D eigenvalue weighted by atomic mass is 10.1. The number of carbonyl (C=O) groups excluding carboxylic acids is 1. The number of aromatic nitrogens is 5. The summed E-state index contributed by atoms with van der Waals surface area (Å²) in [5.74, 6) is 0.685. The molecule has 25 heavy (non-hydrogen) atoms. The van der Waals surface area contributed by atoms with Crippen LogP contribution >= 0.6 is 11.3 Å². The number of benzene rings is 1. The molecule has 3 aromatic rings. The second-order valence-corrected chi connectivity index (χ2v) is 6.66. The molecule has 0 aliphatic heterocycles. The summed E-state index contributed by atoms with van der Waals surface area (Å²) >= 11 is 1.52. The SMILES string of the molecule is CCCn1ncnc1-c1ccc(C(=O)NCc2nnc(CC)s2)cc1. The van der Waals surface area contributed by atoms with E-state index in [1.807, 2.05) is 23.7 Å². The number of nitrogens with one attached hydrogen (secondary N) is 1. The molecule has 0 radical (unpaired) electrons. The van der Waals surface area contributed by atoms with Crippen LogP contribution in [0.5, 0.6) is 0 Å². The van der Waals surface area contributed by atoms with Crippen molar-refractivity contribution in [2.24, 2.45) is 0 Å². The Morgan fingerprint density at radius 3 is 2.60 bits per heavy atom. The second kappa shape index (κ2) is 7.98. The van der Waals surface area contributed by atoms with Crippen molar-refractivity contribution in [2.45, 2.75) is 39.8 Å². The topological polar surface area (TPSA) is 85.6 Å². The van der Waals surface area contributed by atoms with E-state index in [0.29, 0.717) is 12.1 Å². The minimum Gasteiger partial charge on any atom is -0.345 e. The molecule has 0 fully saturated rings. The molecule has 0 atom stereocenters. The number of carbonyl (C=O) groups is 1. The minimum absolute atomic E-state index is 0.130. The van der Waals surface area contributed by atoms with Gasteiger partial charge in [0.05, 0.1) is 6.54 Å². The molecule has 2 heterocycles. The number of hydrogen-bond donors (Lipinski definition) is 1. The summed E-state index contributed by atoms with van der Waals surface area (Å²) in [6.07, 6.45) is 3.40. The molecule has 0 spiro atoms. The van der Waals surface area contributed by atoms with E-state index in [0.717, 1.165) is 40.8 Å². The maximum absolute atomic E-state index is 12.3. The van der Waals surface area contributed by atoms with Gasteiger partial charge in [-0.25, -0.2) is 9.67 Å². The fourth-order valence-corrected chi connectivity index (χ4v) is 3.12. The van der Waals surface area contributed by atoms with Gasteiger partial charge >= 0.3 is 0 Å². The maximum Gasteiger partial charge on any atom is 0.251 e. The van der Waals surface area contributed by atoms with Crippen LogP contribution in [0.15, 0.2) is 30.6 Å². The summed E-state index contributed by atoms with van der Waals surface area (Å²) in [6.45, 7) is 5.34. The van der Waals surface area contributed by atoms with Crippen LogP contribution in [-0.4, -0.2) is 30.9 Å². The van der Waals surface area contributed by atoms with Crippen molar-refractivity contribution in [3.63, 3.8) is 0 Å². The van der Waals surface area contributed by atoms with Gasteiger partial charge in [0.25, 0.3) is 5.91 Å². The Labute approximate surface area is 150 Å². The molecular formula is C17H20N6OS. The molecule has 1 amide bonds. The average molecular weight is 356 g/mol. The number of nitrogens with zero attached hydrogens (tertiary/aromatic N) is 5. The van der Waals surface area contributed by atoms with E-state index in [-0.39, 0.29) is 5.91 Å². The summed E-state index contributed by atoms with van der Waals surface area (Å²) in [5, 5.41) is 17.0. The van der Waals surface area contributed by atoms with Crippen LogP contribution in [-0.2, 0) is 19.5 Å². The van der Waals surface area contributed by atoms with Crippen LogP contribution in [0.4, 0.5) is 0 Å². The van der Waals surface area contributed by atoms with Gasteiger partial charge in [-0.05, 0) is 25.0 Å². The average Bonchev–Trinajstić information content (AvgIpc) is 3.29. The highest BCUT2D eigenvalue weighted by molar-refractivity contribution is 7.11. The number of hydrogen-bond acceptors (Lipinski definition) is 6. The standard InChI is InChI=1S/C17H20N6OS/c1-3-9-23-16(19-11-20-23)12-5-7-13(8-6-12)17(24)18-10-15-22-21-14(4-2)25-15/h5-8,11H,3-4,9-10H2,1-2H3,(H,18,24). The zero-order chi connectivity index (χ0) is 17.6. The van der Waals surface area contributed by atoms with Gasteiger partial charge in [0, 0.05) is 17.7 Å². The quantitative estimate of drug-likeness (QED) is 0.703. The van der Waals surface area contributed by atoms with Crippen molar-refractivity contribution >= 4 is 17.2 Å². The van der Waals surface area contributed by atoms with Crippen molar-refractivity contribution in [1.82, 2.24) is 30.3 Å². The largest absolute Gasteiger partial charge is 0.345 e. The lowest BCUT2D eigenvalue weighted by molar-refractivity contribution is 0.0951. The van der Waals surface area contributed by atoms with Crippen LogP contribution in [0.25, 0.3) is 11.4 Å². The fraction of sp³-hybridized carbons (Fsp3) is 0.353. The monoisotopic (exact) mass is 356 g/mol. The van der Waals surface area contributed by atoms with Gasteiger partial charge in [-0.2, -0.15) is 5.10 Å². The minimum atomic E-state index is -0.130. The fourth-order valence-electron chi connectivity index (χ4n) is 2.39. The lowest BCUT2D eigenvalue weighted by Gasteiger charge is -2.06. The predicted octanol–water partition coefficient (Wildman–Crippen LogP) is 2.70. The van der Waals surface area contributed by atoms with Crippen molar-refractivity contribution in [1.29, 1.82) is 0 Å². The molecule has 8 heteroatoms. The molecule has 3 rings (SSSR count). The highest BCUT2D eigenvalue weighted by Crippen LogP contribution is 2.17. The Kier molecular flexibility index (Phi) is 5.49. The highest BCUT2D eigenvalue weighted by Gasteiger charge is 2.10. The van der Waals surface area contributed by atoms with Crippen molar-refractivity contribution in [3.05, 3.63) is 46.2 Å². The van der Waals surface area contributed by atoms with E-state index >= 15 is 0 Å². The van der Waals surface area contributed by atoms with E-state index in [2.05, 4.69) is 32.5 Å². The number of aryl methyl sites for hydroxylation is 2. The van der Waals surface area contributed by atoms with E-state index in [9.17, 15) is 4.79 Å². The third-order valence-corrected chi connectivity index (χ3v) is 4.74. The summed E-state index contributed by atoms with van der Waals surface area (Å²) in [4.78, 5) is 16.6.